The summed E-state index contributed by atoms with van der Waals surface area (Å²) < 4.78 is 25.7. The first kappa shape index (κ1) is 31.3. The molecule has 39 heavy (non-hydrogen) atoms. The standard InChI is InChI=1S/C33H48FNO4/c1-6-31(29-19-30(34)23(3)16-27(29)14-10-11-15-32(37)38-7-2)39-22-28(36)21-35-33(4,5)20-24-17-25-12-8-9-13-26(25)18-24/h8-9,12-13,16,19,24,28,31,35-36H,6-7,10-11,14-15,17-18,20-22H2,1-5H3/t28-,31-/m1/s1. The van der Waals surface area contributed by atoms with E-state index in [1.165, 1.54) is 11.1 Å². The summed E-state index contributed by atoms with van der Waals surface area (Å²) in [6.45, 7) is 11.0. The molecule has 0 amide bonds. The number of rotatable bonds is 16. The smallest absolute Gasteiger partial charge is 0.305 e. The molecule has 0 saturated carbocycles. The Kier molecular flexibility index (Phi) is 12.0. The van der Waals surface area contributed by atoms with Crippen LogP contribution in [-0.2, 0) is 33.5 Å². The van der Waals surface area contributed by atoms with Crippen molar-refractivity contribution < 1.29 is 23.8 Å². The SMILES string of the molecule is CCOC(=O)CCCCc1cc(C)c(F)cc1[C@@H](CC)OC[C@H](O)CNC(C)(C)CC1Cc2ccccc2C1. The Hall–Kier alpha value is -2.28. The molecular weight excluding hydrogens is 493 g/mol. The van der Waals surface area contributed by atoms with Crippen molar-refractivity contribution in [1.29, 1.82) is 0 Å². The normalized spacial score (nSPS) is 15.3. The van der Waals surface area contributed by atoms with Crippen LogP contribution in [0.5, 0.6) is 0 Å². The summed E-state index contributed by atoms with van der Waals surface area (Å²) in [5, 5.41) is 14.3. The lowest BCUT2D eigenvalue weighted by Crippen LogP contribution is -2.45. The molecule has 0 unspecified atom stereocenters. The summed E-state index contributed by atoms with van der Waals surface area (Å²) in [6, 6.07) is 12.2. The van der Waals surface area contributed by atoms with Crippen molar-refractivity contribution in [3.05, 3.63) is 70.0 Å². The molecule has 2 atom stereocenters. The zero-order chi connectivity index (χ0) is 28.4. The number of halogens is 1. The van der Waals surface area contributed by atoms with Gasteiger partial charge < -0.3 is 19.9 Å². The van der Waals surface area contributed by atoms with Gasteiger partial charge in [0, 0.05) is 18.5 Å². The second-order valence-electron chi connectivity index (χ2n) is 11.7. The van der Waals surface area contributed by atoms with Gasteiger partial charge in [0.25, 0.3) is 0 Å². The fourth-order valence-electron chi connectivity index (χ4n) is 5.79. The molecule has 0 radical (unpaired) electrons. The Morgan fingerprint density at radius 1 is 1.15 bits per heavy atom. The van der Waals surface area contributed by atoms with Crippen molar-refractivity contribution in [2.24, 2.45) is 5.92 Å². The maximum atomic E-state index is 14.6. The van der Waals surface area contributed by atoms with Crippen LogP contribution in [0.25, 0.3) is 0 Å². The molecule has 0 aliphatic heterocycles. The van der Waals surface area contributed by atoms with Gasteiger partial charge in [0.1, 0.15) is 5.82 Å². The van der Waals surface area contributed by atoms with Crippen LogP contribution in [0.15, 0.2) is 36.4 Å². The molecule has 3 rings (SSSR count). The molecule has 5 nitrogen and oxygen atoms in total. The number of fused-ring (bicyclic) bond motifs is 1. The number of hydrogen-bond donors (Lipinski definition) is 2. The molecule has 0 fully saturated rings. The highest BCUT2D eigenvalue weighted by Gasteiger charge is 2.28. The molecule has 0 bridgehead atoms. The summed E-state index contributed by atoms with van der Waals surface area (Å²) >= 11 is 0. The van der Waals surface area contributed by atoms with E-state index < -0.39 is 6.10 Å². The molecule has 2 aromatic carbocycles. The van der Waals surface area contributed by atoms with Crippen molar-refractivity contribution >= 4 is 5.97 Å². The van der Waals surface area contributed by atoms with Crippen LogP contribution in [0.1, 0.15) is 93.7 Å². The second kappa shape index (κ2) is 14.9. The largest absolute Gasteiger partial charge is 0.466 e. The highest BCUT2D eigenvalue weighted by atomic mass is 19.1. The van der Waals surface area contributed by atoms with E-state index in [4.69, 9.17) is 9.47 Å². The average Bonchev–Trinajstić information content (AvgIpc) is 3.30. The van der Waals surface area contributed by atoms with Gasteiger partial charge in [0.15, 0.2) is 0 Å². The number of unbranched alkanes of at least 4 members (excludes halogenated alkanes) is 1. The summed E-state index contributed by atoms with van der Waals surface area (Å²) in [4.78, 5) is 11.7. The fourth-order valence-corrected chi connectivity index (χ4v) is 5.79. The van der Waals surface area contributed by atoms with Crippen molar-refractivity contribution in [3.63, 3.8) is 0 Å². The predicted molar refractivity (Wildman–Crippen MR) is 154 cm³/mol. The summed E-state index contributed by atoms with van der Waals surface area (Å²) in [5.41, 5.74) is 5.29. The van der Waals surface area contributed by atoms with Crippen LogP contribution in [0, 0.1) is 18.7 Å². The average molecular weight is 542 g/mol. The molecule has 2 N–H and O–H groups in total. The number of nitrogens with one attached hydrogen (secondary N) is 1. The molecular formula is C33H48FNO4. The third-order valence-electron chi connectivity index (χ3n) is 7.76. The number of β-amino-alcohol motifs (C(OH)–C–C–N with tert-alkyl or cyclic N) is 1. The van der Waals surface area contributed by atoms with Crippen LogP contribution in [0.4, 0.5) is 4.39 Å². The van der Waals surface area contributed by atoms with Gasteiger partial charge >= 0.3 is 5.97 Å². The highest BCUT2D eigenvalue weighted by Crippen LogP contribution is 2.32. The quantitative estimate of drug-likeness (QED) is 0.190. The zero-order valence-corrected chi connectivity index (χ0v) is 24.5. The van der Waals surface area contributed by atoms with E-state index in [1.54, 1.807) is 19.9 Å². The minimum absolute atomic E-state index is 0.103. The van der Waals surface area contributed by atoms with Crippen molar-refractivity contribution in [3.8, 4) is 0 Å². The number of ether oxygens (including phenoxy) is 2. The molecule has 6 heteroatoms. The van der Waals surface area contributed by atoms with E-state index in [-0.39, 0.29) is 30.0 Å². The molecule has 0 aromatic heterocycles. The van der Waals surface area contributed by atoms with Gasteiger partial charge in [-0.1, -0.05) is 37.3 Å². The van der Waals surface area contributed by atoms with Crippen LogP contribution >= 0.6 is 0 Å². The van der Waals surface area contributed by atoms with Gasteiger partial charge in [-0.3, -0.25) is 4.79 Å². The van der Waals surface area contributed by atoms with E-state index in [0.29, 0.717) is 37.5 Å². The first-order valence-corrected chi connectivity index (χ1v) is 14.7. The lowest BCUT2D eigenvalue weighted by Gasteiger charge is -2.31. The maximum absolute atomic E-state index is 14.6. The zero-order valence-electron chi connectivity index (χ0n) is 24.5. The molecule has 2 aromatic rings. The maximum Gasteiger partial charge on any atom is 0.305 e. The lowest BCUT2D eigenvalue weighted by atomic mass is 9.88. The van der Waals surface area contributed by atoms with Crippen LogP contribution in [-0.4, -0.2) is 42.5 Å². The topological polar surface area (TPSA) is 67.8 Å². The summed E-state index contributed by atoms with van der Waals surface area (Å²) in [5.74, 6) is 0.178. The highest BCUT2D eigenvalue weighted by molar-refractivity contribution is 5.69. The fraction of sp³-hybridized carbons (Fsp3) is 0.606. The van der Waals surface area contributed by atoms with E-state index in [0.717, 1.165) is 49.7 Å². The Bertz CT molecular complexity index is 1040. The van der Waals surface area contributed by atoms with Crippen molar-refractivity contribution in [1.82, 2.24) is 5.32 Å². The third-order valence-corrected chi connectivity index (χ3v) is 7.76. The second-order valence-corrected chi connectivity index (χ2v) is 11.7. The summed E-state index contributed by atoms with van der Waals surface area (Å²) in [7, 11) is 0. The monoisotopic (exact) mass is 541 g/mol. The molecule has 0 saturated heterocycles. The van der Waals surface area contributed by atoms with Gasteiger partial charge in [-0.2, -0.15) is 0 Å². The molecule has 1 aliphatic rings. The Morgan fingerprint density at radius 3 is 2.49 bits per heavy atom. The minimum atomic E-state index is -0.664. The number of hydrogen-bond acceptors (Lipinski definition) is 5. The van der Waals surface area contributed by atoms with E-state index >= 15 is 0 Å². The number of benzene rings is 2. The van der Waals surface area contributed by atoms with Crippen LogP contribution in [0.3, 0.4) is 0 Å². The minimum Gasteiger partial charge on any atom is -0.466 e. The van der Waals surface area contributed by atoms with E-state index in [2.05, 4.69) is 43.4 Å². The summed E-state index contributed by atoms with van der Waals surface area (Å²) in [6.07, 6.45) is 5.62. The molecule has 1 aliphatic carbocycles. The number of esters is 1. The van der Waals surface area contributed by atoms with Gasteiger partial charge in [0.05, 0.1) is 25.4 Å². The van der Waals surface area contributed by atoms with Gasteiger partial charge in [-0.25, -0.2) is 4.39 Å². The van der Waals surface area contributed by atoms with Gasteiger partial charge in [-0.05, 0) is 112 Å². The van der Waals surface area contributed by atoms with Crippen molar-refractivity contribution in [2.75, 3.05) is 19.8 Å². The Morgan fingerprint density at radius 2 is 1.85 bits per heavy atom. The lowest BCUT2D eigenvalue weighted by molar-refractivity contribution is -0.143. The van der Waals surface area contributed by atoms with Crippen LogP contribution < -0.4 is 5.32 Å². The Balaban J connectivity index is 1.50. The first-order valence-electron chi connectivity index (χ1n) is 14.7. The third kappa shape index (κ3) is 9.70. The Labute approximate surface area is 234 Å². The number of aliphatic hydroxyl groups is 1. The van der Waals surface area contributed by atoms with Gasteiger partial charge in [-0.15, -0.1) is 0 Å². The van der Waals surface area contributed by atoms with Crippen LogP contribution in [0.2, 0.25) is 0 Å². The number of aryl methyl sites for hydroxylation is 2. The molecule has 0 spiro atoms. The van der Waals surface area contributed by atoms with E-state index in [9.17, 15) is 14.3 Å². The number of aliphatic hydroxyl groups excluding tert-OH is 1. The molecule has 0 heterocycles. The predicted octanol–water partition coefficient (Wildman–Crippen LogP) is 6.41. The van der Waals surface area contributed by atoms with E-state index in [1.807, 2.05) is 13.0 Å². The van der Waals surface area contributed by atoms with Gasteiger partial charge in [0.2, 0.25) is 0 Å². The first-order chi connectivity index (χ1) is 18.6. The molecule has 216 valence electrons. The van der Waals surface area contributed by atoms with Crippen molar-refractivity contribution in [2.45, 2.75) is 104 Å². The number of carbonyl (C=O) groups is 1. The number of carbonyl (C=O) groups excluding carboxylic acids is 1.